The lowest BCUT2D eigenvalue weighted by Crippen LogP contribution is -2.25. The zero-order chi connectivity index (χ0) is 20.3. The van der Waals surface area contributed by atoms with Gasteiger partial charge in [-0.05, 0) is 36.5 Å². The van der Waals surface area contributed by atoms with E-state index in [1.165, 1.54) is 5.56 Å². The summed E-state index contributed by atoms with van der Waals surface area (Å²) in [5.74, 6) is 1.22. The first-order valence-corrected chi connectivity index (χ1v) is 9.76. The van der Waals surface area contributed by atoms with Crippen LogP contribution in [0.15, 0.2) is 67.0 Å². The molecule has 0 fully saturated rings. The largest absolute Gasteiger partial charge is 0.496 e. The smallest absolute Gasteiger partial charge is 0.254 e. The number of carbonyl (C=O) groups is 1. The second kappa shape index (κ2) is 10.8. The van der Waals surface area contributed by atoms with Gasteiger partial charge in [-0.2, -0.15) is 0 Å². The molecule has 2 aromatic carbocycles. The van der Waals surface area contributed by atoms with Crippen molar-refractivity contribution >= 4 is 11.9 Å². The highest BCUT2D eigenvalue weighted by molar-refractivity contribution is 5.93. The minimum atomic E-state index is -0.154. The molecule has 1 heterocycles. The van der Waals surface area contributed by atoms with E-state index in [9.17, 15) is 4.79 Å². The first-order chi connectivity index (χ1) is 14.3. The van der Waals surface area contributed by atoms with Crippen molar-refractivity contribution in [2.24, 2.45) is 0 Å². The normalized spacial score (nSPS) is 10.4. The zero-order valence-corrected chi connectivity index (χ0v) is 16.6. The number of anilines is 1. The number of carbonyl (C=O) groups excluding carboxylic acids is 1. The Labute approximate surface area is 171 Å². The van der Waals surface area contributed by atoms with Crippen molar-refractivity contribution in [2.45, 2.75) is 19.3 Å². The van der Waals surface area contributed by atoms with Gasteiger partial charge < -0.3 is 15.4 Å². The van der Waals surface area contributed by atoms with E-state index in [4.69, 9.17) is 4.74 Å². The highest BCUT2D eigenvalue weighted by atomic mass is 16.5. The third-order valence-electron chi connectivity index (χ3n) is 4.55. The molecule has 0 aliphatic carbocycles. The van der Waals surface area contributed by atoms with Crippen molar-refractivity contribution in [1.29, 1.82) is 0 Å². The zero-order valence-electron chi connectivity index (χ0n) is 16.6. The monoisotopic (exact) mass is 390 g/mol. The Morgan fingerprint density at radius 1 is 0.931 bits per heavy atom. The topological polar surface area (TPSA) is 76.1 Å². The summed E-state index contributed by atoms with van der Waals surface area (Å²) in [6, 6.07) is 18.2. The van der Waals surface area contributed by atoms with Gasteiger partial charge in [0.1, 0.15) is 5.75 Å². The molecular formula is C23H26N4O2. The fraction of sp³-hybridized carbons (Fsp3) is 0.261. The molecule has 150 valence electrons. The Bertz CT molecular complexity index is 898. The summed E-state index contributed by atoms with van der Waals surface area (Å²) in [5.41, 5.74) is 2.85. The summed E-state index contributed by atoms with van der Waals surface area (Å²) in [6.45, 7) is 1.29. The van der Waals surface area contributed by atoms with Crippen molar-refractivity contribution in [3.8, 4) is 5.75 Å². The van der Waals surface area contributed by atoms with E-state index in [0.29, 0.717) is 24.6 Å². The minimum absolute atomic E-state index is 0.154. The van der Waals surface area contributed by atoms with Crippen LogP contribution < -0.4 is 15.4 Å². The third kappa shape index (κ3) is 6.31. The fourth-order valence-electron chi connectivity index (χ4n) is 3.00. The summed E-state index contributed by atoms with van der Waals surface area (Å²) in [4.78, 5) is 20.7. The van der Waals surface area contributed by atoms with Crippen molar-refractivity contribution in [2.75, 3.05) is 25.5 Å². The molecule has 3 rings (SSSR count). The third-order valence-corrected chi connectivity index (χ3v) is 4.55. The number of nitrogens with zero attached hydrogens (tertiary/aromatic N) is 2. The lowest BCUT2D eigenvalue weighted by Gasteiger charge is -2.09. The van der Waals surface area contributed by atoms with Crippen LogP contribution in [0.4, 0.5) is 5.95 Å². The molecule has 1 amide bonds. The van der Waals surface area contributed by atoms with Gasteiger partial charge >= 0.3 is 0 Å². The first kappa shape index (κ1) is 20.3. The van der Waals surface area contributed by atoms with E-state index < -0.39 is 0 Å². The van der Waals surface area contributed by atoms with Crippen LogP contribution >= 0.6 is 0 Å². The van der Waals surface area contributed by atoms with E-state index in [1.807, 2.05) is 42.5 Å². The minimum Gasteiger partial charge on any atom is -0.496 e. The average molecular weight is 390 g/mol. The summed E-state index contributed by atoms with van der Waals surface area (Å²) in [5, 5.41) is 6.08. The number of nitrogens with one attached hydrogen (secondary N) is 2. The highest BCUT2D eigenvalue weighted by Gasteiger charge is 2.07. The number of aryl methyl sites for hydroxylation is 1. The van der Waals surface area contributed by atoms with Gasteiger partial charge in [-0.1, -0.05) is 48.5 Å². The second-order valence-electron chi connectivity index (χ2n) is 6.63. The van der Waals surface area contributed by atoms with Gasteiger partial charge in [0, 0.05) is 25.5 Å². The number of hydrogen-bond donors (Lipinski definition) is 2. The Hall–Kier alpha value is -3.41. The number of rotatable bonds is 10. The summed E-state index contributed by atoms with van der Waals surface area (Å²) in [6.07, 6.45) is 5.71. The maximum Gasteiger partial charge on any atom is 0.254 e. The van der Waals surface area contributed by atoms with Gasteiger partial charge in [0.25, 0.3) is 5.91 Å². The predicted molar refractivity (Wildman–Crippen MR) is 114 cm³/mol. The molecule has 3 aromatic rings. The molecule has 0 radical (unpaired) electrons. The van der Waals surface area contributed by atoms with Gasteiger partial charge in [-0.15, -0.1) is 0 Å². The van der Waals surface area contributed by atoms with Gasteiger partial charge in [-0.3, -0.25) is 4.79 Å². The van der Waals surface area contributed by atoms with Crippen molar-refractivity contribution in [3.05, 3.63) is 83.7 Å². The average Bonchev–Trinajstić information content (AvgIpc) is 2.78. The van der Waals surface area contributed by atoms with Crippen LogP contribution in [0.2, 0.25) is 0 Å². The second-order valence-corrected chi connectivity index (χ2v) is 6.63. The lowest BCUT2D eigenvalue weighted by molar-refractivity contribution is 0.0952. The number of aromatic nitrogens is 2. The Morgan fingerprint density at radius 2 is 1.66 bits per heavy atom. The molecular weight excluding hydrogens is 364 g/mol. The van der Waals surface area contributed by atoms with Gasteiger partial charge in [-0.25, -0.2) is 9.97 Å². The van der Waals surface area contributed by atoms with Crippen LogP contribution in [-0.2, 0) is 12.8 Å². The molecule has 0 bridgehead atoms. The summed E-state index contributed by atoms with van der Waals surface area (Å²) in [7, 11) is 1.67. The number of amides is 1. The van der Waals surface area contributed by atoms with Crippen LogP contribution in [0.3, 0.4) is 0 Å². The Kier molecular flexibility index (Phi) is 7.57. The van der Waals surface area contributed by atoms with Gasteiger partial charge in [0.15, 0.2) is 0 Å². The molecule has 0 atom stereocenters. The van der Waals surface area contributed by atoms with E-state index in [1.54, 1.807) is 19.5 Å². The number of methoxy groups -OCH3 is 1. The van der Waals surface area contributed by atoms with Crippen molar-refractivity contribution in [1.82, 2.24) is 15.3 Å². The molecule has 1 aromatic heterocycles. The maximum atomic E-state index is 12.2. The quantitative estimate of drug-likeness (QED) is 0.518. The van der Waals surface area contributed by atoms with E-state index in [-0.39, 0.29) is 5.91 Å². The molecule has 29 heavy (non-hydrogen) atoms. The van der Waals surface area contributed by atoms with Crippen LogP contribution in [-0.4, -0.2) is 36.1 Å². The van der Waals surface area contributed by atoms with Gasteiger partial charge in [0.05, 0.1) is 12.7 Å². The number of hydrogen-bond acceptors (Lipinski definition) is 5. The molecule has 0 spiro atoms. The molecule has 0 saturated heterocycles. The molecule has 6 heteroatoms. The molecule has 2 N–H and O–H groups in total. The summed E-state index contributed by atoms with van der Waals surface area (Å²) >= 11 is 0. The van der Waals surface area contributed by atoms with Crippen LogP contribution in [0.5, 0.6) is 5.75 Å². The SMILES string of the molecule is COc1ccccc1CCNc1ncc(C(=O)NCCCc2ccccc2)cn1. The standard InChI is InChI=1S/C23H26N4O2/c1-29-21-12-6-5-11-19(21)13-15-25-23-26-16-20(17-27-23)22(28)24-14-7-10-18-8-3-2-4-9-18/h2-6,8-9,11-12,16-17H,7,10,13-15H2,1H3,(H,24,28)(H,25,26,27). The molecule has 0 aliphatic heterocycles. The van der Waals surface area contributed by atoms with E-state index >= 15 is 0 Å². The highest BCUT2D eigenvalue weighted by Crippen LogP contribution is 2.17. The summed E-state index contributed by atoms with van der Waals surface area (Å²) < 4.78 is 5.35. The lowest BCUT2D eigenvalue weighted by atomic mass is 10.1. The van der Waals surface area contributed by atoms with E-state index in [0.717, 1.165) is 30.6 Å². The van der Waals surface area contributed by atoms with Crippen LogP contribution in [0.1, 0.15) is 27.9 Å². The van der Waals surface area contributed by atoms with Crippen molar-refractivity contribution < 1.29 is 9.53 Å². The van der Waals surface area contributed by atoms with Crippen LogP contribution in [0, 0.1) is 0 Å². The predicted octanol–water partition coefficient (Wildman–Crippen LogP) is 3.50. The van der Waals surface area contributed by atoms with E-state index in [2.05, 4.69) is 32.7 Å². The van der Waals surface area contributed by atoms with Gasteiger partial charge in [0.2, 0.25) is 5.95 Å². The molecule has 0 unspecified atom stereocenters. The fourth-order valence-corrected chi connectivity index (χ4v) is 3.00. The Morgan fingerprint density at radius 3 is 2.41 bits per heavy atom. The molecule has 0 saturated carbocycles. The molecule has 0 aliphatic rings. The number of benzene rings is 2. The van der Waals surface area contributed by atoms with Crippen LogP contribution in [0.25, 0.3) is 0 Å². The first-order valence-electron chi connectivity index (χ1n) is 9.76. The van der Waals surface area contributed by atoms with Crippen molar-refractivity contribution in [3.63, 3.8) is 0 Å². The molecule has 6 nitrogen and oxygen atoms in total. The number of para-hydroxylation sites is 1. The Balaban J connectivity index is 1.40. The number of ether oxygens (including phenoxy) is 1. The maximum absolute atomic E-state index is 12.2.